The molecule has 0 saturated carbocycles. The zero-order chi connectivity index (χ0) is 13.6. The number of benzene rings is 1. The summed E-state index contributed by atoms with van der Waals surface area (Å²) in [6, 6.07) is 7.39. The standard InChI is InChI=1S/C14H19NO3/c1-14(2,3)18-13(17)15-12-8-4-6-11(10-12)7-5-9-16/h4,6,8-10H,5,7H2,1-3H3,(H,15,17). The Morgan fingerprint density at radius 2 is 2.11 bits per heavy atom. The third kappa shape index (κ3) is 5.48. The van der Waals surface area contributed by atoms with Gasteiger partial charge in [-0.2, -0.15) is 0 Å². The van der Waals surface area contributed by atoms with E-state index in [4.69, 9.17) is 4.74 Å². The van der Waals surface area contributed by atoms with Gasteiger partial charge in [-0.05, 0) is 44.9 Å². The molecule has 0 aromatic heterocycles. The maximum atomic E-state index is 11.6. The SMILES string of the molecule is CC(C)(C)OC(=O)Nc1cccc(CCC=O)c1. The molecule has 1 aromatic carbocycles. The third-order valence-corrected chi connectivity index (χ3v) is 2.12. The van der Waals surface area contributed by atoms with Gasteiger partial charge in [0.25, 0.3) is 0 Å². The van der Waals surface area contributed by atoms with Crippen LogP contribution < -0.4 is 5.32 Å². The first-order valence-corrected chi connectivity index (χ1v) is 5.93. The number of carbonyl (C=O) groups is 2. The second-order valence-corrected chi connectivity index (χ2v) is 5.03. The summed E-state index contributed by atoms with van der Waals surface area (Å²) in [4.78, 5) is 21.9. The molecule has 1 rings (SSSR count). The van der Waals surface area contributed by atoms with Gasteiger partial charge in [0, 0.05) is 12.1 Å². The van der Waals surface area contributed by atoms with Gasteiger partial charge in [-0.1, -0.05) is 12.1 Å². The first-order valence-electron chi connectivity index (χ1n) is 5.93. The lowest BCUT2D eigenvalue weighted by molar-refractivity contribution is -0.107. The van der Waals surface area contributed by atoms with E-state index in [-0.39, 0.29) is 0 Å². The van der Waals surface area contributed by atoms with Crippen LogP contribution in [0.3, 0.4) is 0 Å². The summed E-state index contributed by atoms with van der Waals surface area (Å²) in [5, 5.41) is 2.67. The Kier molecular flexibility index (Phi) is 4.89. The van der Waals surface area contributed by atoms with E-state index >= 15 is 0 Å². The number of carbonyl (C=O) groups excluding carboxylic acids is 2. The highest BCUT2D eigenvalue weighted by atomic mass is 16.6. The normalized spacial score (nSPS) is 10.8. The quantitative estimate of drug-likeness (QED) is 0.834. The van der Waals surface area contributed by atoms with Crippen LogP contribution in [0.4, 0.5) is 10.5 Å². The molecule has 0 atom stereocenters. The van der Waals surface area contributed by atoms with Crippen molar-refractivity contribution in [3.8, 4) is 0 Å². The second-order valence-electron chi connectivity index (χ2n) is 5.03. The van der Waals surface area contributed by atoms with Gasteiger partial charge in [0.05, 0.1) is 0 Å². The molecule has 0 aliphatic carbocycles. The van der Waals surface area contributed by atoms with Gasteiger partial charge >= 0.3 is 6.09 Å². The molecule has 1 N–H and O–H groups in total. The van der Waals surface area contributed by atoms with E-state index in [9.17, 15) is 9.59 Å². The summed E-state index contributed by atoms with van der Waals surface area (Å²) < 4.78 is 5.16. The van der Waals surface area contributed by atoms with Gasteiger partial charge in [-0.3, -0.25) is 5.32 Å². The first kappa shape index (κ1) is 14.2. The Labute approximate surface area is 107 Å². The molecular weight excluding hydrogens is 230 g/mol. The molecule has 0 spiro atoms. The molecule has 0 aliphatic heterocycles. The van der Waals surface area contributed by atoms with Crippen LogP contribution in [-0.2, 0) is 16.0 Å². The largest absolute Gasteiger partial charge is 0.444 e. The van der Waals surface area contributed by atoms with Gasteiger partial charge in [-0.25, -0.2) is 4.79 Å². The molecule has 18 heavy (non-hydrogen) atoms. The van der Waals surface area contributed by atoms with E-state index in [2.05, 4.69) is 5.32 Å². The number of anilines is 1. The summed E-state index contributed by atoms with van der Waals surface area (Å²) in [6.07, 6.45) is 1.56. The Morgan fingerprint density at radius 3 is 2.72 bits per heavy atom. The number of rotatable bonds is 4. The van der Waals surface area contributed by atoms with Crippen LogP contribution in [-0.4, -0.2) is 18.0 Å². The van der Waals surface area contributed by atoms with Crippen molar-refractivity contribution in [2.45, 2.75) is 39.2 Å². The van der Waals surface area contributed by atoms with E-state index in [0.717, 1.165) is 11.8 Å². The molecule has 0 radical (unpaired) electrons. The predicted molar refractivity (Wildman–Crippen MR) is 70.7 cm³/mol. The van der Waals surface area contributed by atoms with Crippen molar-refractivity contribution in [2.75, 3.05) is 5.32 Å². The van der Waals surface area contributed by atoms with Crippen molar-refractivity contribution in [1.82, 2.24) is 0 Å². The van der Waals surface area contributed by atoms with Crippen LogP contribution in [0.2, 0.25) is 0 Å². The lowest BCUT2D eigenvalue weighted by Crippen LogP contribution is -2.27. The summed E-state index contributed by atoms with van der Waals surface area (Å²) in [5.41, 5.74) is 1.17. The van der Waals surface area contributed by atoms with Crippen molar-refractivity contribution in [3.63, 3.8) is 0 Å². The van der Waals surface area contributed by atoms with Crippen LogP contribution in [0.15, 0.2) is 24.3 Å². The van der Waals surface area contributed by atoms with Gasteiger partial charge in [0.2, 0.25) is 0 Å². The molecule has 0 unspecified atom stereocenters. The van der Waals surface area contributed by atoms with E-state index in [1.165, 1.54) is 0 Å². The highest BCUT2D eigenvalue weighted by Gasteiger charge is 2.16. The number of aryl methyl sites for hydroxylation is 1. The van der Waals surface area contributed by atoms with Crippen molar-refractivity contribution in [1.29, 1.82) is 0 Å². The average Bonchev–Trinajstić information content (AvgIpc) is 2.24. The Hall–Kier alpha value is -1.84. The fourth-order valence-corrected chi connectivity index (χ4v) is 1.45. The Balaban J connectivity index is 2.61. The average molecular weight is 249 g/mol. The first-order chi connectivity index (χ1) is 8.40. The molecule has 0 aliphatic rings. The van der Waals surface area contributed by atoms with Crippen LogP contribution in [0, 0.1) is 0 Å². The lowest BCUT2D eigenvalue weighted by Gasteiger charge is -2.19. The summed E-state index contributed by atoms with van der Waals surface area (Å²) in [6.45, 7) is 5.44. The minimum absolute atomic E-state index is 0.477. The zero-order valence-corrected chi connectivity index (χ0v) is 11.0. The summed E-state index contributed by atoms with van der Waals surface area (Å²) >= 11 is 0. The third-order valence-electron chi connectivity index (χ3n) is 2.12. The van der Waals surface area contributed by atoms with Gasteiger partial charge in [0.1, 0.15) is 11.9 Å². The monoisotopic (exact) mass is 249 g/mol. The van der Waals surface area contributed by atoms with E-state index in [0.29, 0.717) is 18.5 Å². The van der Waals surface area contributed by atoms with Crippen LogP contribution >= 0.6 is 0 Å². The lowest BCUT2D eigenvalue weighted by atomic mass is 10.1. The number of hydrogen-bond donors (Lipinski definition) is 1. The smallest absolute Gasteiger partial charge is 0.412 e. The number of amides is 1. The van der Waals surface area contributed by atoms with Gasteiger partial charge < -0.3 is 9.53 Å². The molecule has 0 bridgehead atoms. The van der Waals surface area contributed by atoms with Crippen molar-refractivity contribution >= 4 is 18.1 Å². The minimum atomic E-state index is -0.515. The summed E-state index contributed by atoms with van der Waals surface area (Å²) in [7, 11) is 0. The maximum Gasteiger partial charge on any atom is 0.412 e. The highest BCUT2D eigenvalue weighted by Crippen LogP contribution is 2.14. The van der Waals surface area contributed by atoms with Crippen LogP contribution in [0.1, 0.15) is 32.8 Å². The molecule has 1 aromatic rings. The van der Waals surface area contributed by atoms with E-state index in [1.54, 1.807) is 6.07 Å². The summed E-state index contributed by atoms with van der Waals surface area (Å²) in [5.74, 6) is 0. The van der Waals surface area contributed by atoms with Gasteiger partial charge in [-0.15, -0.1) is 0 Å². The van der Waals surface area contributed by atoms with Gasteiger partial charge in [0.15, 0.2) is 0 Å². The van der Waals surface area contributed by atoms with Crippen molar-refractivity contribution in [3.05, 3.63) is 29.8 Å². The minimum Gasteiger partial charge on any atom is -0.444 e. The van der Waals surface area contributed by atoms with Crippen LogP contribution in [0.5, 0.6) is 0 Å². The number of hydrogen-bond acceptors (Lipinski definition) is 3. The molecule has 0 fully saturated rings. The van der Waals surface area contributed by atoms with E-state index in [1.807, 2.05) is 39.0 Å². The van der Waals surface area contributed by atoms with Crippen LogP contribution in [0.25, 0.3) is 0 Å². The highest BCUT2D eigenvalue weighted by molar-refractivity contribution is 5.84. The molecule has 0 saturated heterocycles. The number of aldehydes is 1. The van der Waals surface area contributed by atoms with Crippen molar-refractivity contribution in [2.24, 2.45) is 0 Å². The second kappa shape index (κ2) is 6.19. The fourth-order valence-electron chi connectivity index (χ4n) is 1.45. The molecule has 1 amide bonds. The topological polar surface area (TPSA) is 55.4 Å². The maximum absolute atomic E-state index is 11.6. The number of nitrogens with one attached hydrogen (secondary N) is 1. The number of ether oxygens (including phenoxy) is 1. The molecule has 4 nitrogen and oxygen atoms in total. The molecule has 0 heterocycles. The van der Waals surface area contributed by atoms with Crippen molar-refractivity contribution < 1.29 is 14.3 Å². The fraction of sp³-hybridized carbons (Fsp3) is 0.429. The Morgan fingerprint density at radius 1 is 1.39 bits per heavy atom. The van der Waals surface area contributed by atoms with E-state index < -0.39 is 11.7 Å². The predicted octanol–water partition coefficient (Wildman–Crippen LogP) is 3.17. The molecule has 4 heteroatoms. The Bertz CT molecular complexity index is 421. The molecule has 98 valence electrons. The molecular formula is C14H19NO3. The zero-order valence-electron chi connectivity index (χ0n) is 11.0.